The lowest BCUT2D eigenvalue weighted by molar-refractivity contribution is -0.116. The van der Waals surface area contributed by atoms with E-state index in [4.69, 9.17) is 40.1 Å². The van der Waals surface area contributed by atoms with Gasteiger partial charge in [0.1, 0.15) is 69.3 Å². The molecule has 1 fully saturated rings. The Hall–Kier alpha value is -13.8. The van der Waals surface area contributed by atoms with Crippen molar-refractivity contribution in [2.75, 3.05) is 22.5 Å². The number of nitrogens with one attached hydrogen (secondary N) is 3. The minimum atomic E-state index is -0.458. The first-order valence-corrected chi connectivity index (χ1v) is 47.0. The summed E-state index contributed by atoms with van der Waals surface area (Å²) < 4.78 is 29.1. The molecule has 1 saturated heterocycles. The minimum Gasteiger partial charge on any atom is -0.508 e. The quantitative estimate of drug-likeness (QED) is 0.0249. The van der Waals surface area contributed by atoms with Crippen LogP contribution in [0.5, 0.6) is 23.0 Å². The number of para-hydroxylation sites is 3. The van der Waals surface area contributed by atoms with Gasteiger partial charge in [-0.05, 0) is 223 Å². The van der Waals surface area contributed by atoms with Crippen LogP contribution in [0.4, 0.5) is 11.5 Å². The predicted molar refractivity (Wildman–Crippen MR) is 523 cm³/mol. The Morgan fingerprint density at radius 3 is 2.31 bits per heavy atom. The smallest absolute Gasteiger partial charge is 0.283 e. The van der Waals surface area contributed by atoms with E-state index in [1.54, 1.807) is 92.7 Å². The number of tetrazole rings is 1. The molecule has 131 heavy (non-hydrogen) atoms. The number of pyridine rings is 2. The second-order valence-corrected chi connectivity index (χ2v) is 36.9. The zero-order valence-electron chi connectivity index (χ0n) is 71.9. The van der Waals surface area contributed by atoms with Gasteiger partial charge in [-0.25, -0.2) is 14.9 Å². The summed E-state index contributed by atoms with van der Waals surface area (Å²) in [7, 11) is 0. The number of nitrogens with zero attached hydrogens (tertiary/aromatic N) is 13. The second-order valence-electron chi connectivity index (χ2n) is 31.6. The number of fused-ring (bicyclic) bond motifs is 6. The number of carbonyl (C=O) groups excluding carboxylic acids is 2. The van der Waals surface area contributed by atoms with Gasteiger partial charge in [-0.3, -0.25) is 29.9 Å². The van der Waals surface area contributed by atoms with Crippen molar-refractivity contribution in [3.05, 3.63) is 368 Å². The predicted octanol–water partition coefficient (Wildman–Crippen LogP) is 22.7. The number of furan rings is 3. The number of thiophene rings is 1. The standard InChI is InChI=1S/C22H18N2O3.C21H20N2O.C19H16ClN5OS.C19H18N4O3S3.C19H17N3OS/c25-15-11-9-14(10-12-15)22-24-19(17-6-2-4-8-21(17)27-22)13-18(23-24)16-5-1-3-7-20(16)26;1-14-9-10-22-19(12-14)23-21(18-8-5-11-24-18)20-15(2)13-16-6-3-4-7-17(16)20;1-12-11-17(18(26)24(12)16-10-6-9-15(20)13(16)2)27-19-21-22-23-25(19)14-7-4-3-5-8-14;1-11(2)9-28-19-22-29-18-21-17(24)14(16(20)23(18)19)8-12-5-6-15(26-12)27-10-13-4-3-7-25-13;1-12-8-10-21-19(12)22-17(15-5-3-11-24-15)14-7-6-13-4-2-9-20-16(13)18(14)23/h1-12,19,22,25-26H,13H2;3-12,21H,13H2,1-2H3,(H,22,23);3-10,17H,1,11H2,2H3;3-8,11,20H,9-10H2,1-2H3;2-9,11,17,23H,10H2,1H3,(H,21,22)/b;;;14-8-,20-16?;. The fourth-order valence-corrected chi connectivity index (χ4v) is 20.3. The number of hydrogen-bond acceptors (Lipinski definition) is 26. The van der Waals surface area contributed by atoms with E-state index in [0.717, 1.165) is 119 Å². The van der Waals surface area contributed by atoms with Crippen LogP contribution in [-0.2, 0) is 21.8 Å². The topological polar surface area (TPSA) is 320 Å². The van der Waals surface area contributed by atoms with E-state index in [1.807, 2.05) is 188 Å². The molecule has 14 aromatic rings. The number of allylic oxidation sites excluding steroid dienone is 2. The molecule has 7 aromatic carbocycles. The van der Waals surface area contributed by atoms with Crippen molar-refractivity contribution in [2.45, 2.75) is 106 Å². The molecular weight excluding hydrogens is 1760 g/mol. The molecule has 0 bridgehead atoms. The largest absolute Gasteiger partial charge is 0.508 e. The van der Waals surface area contributed by atoms with Crippen LogP contribution in [0.3, 0.4) is 0 Å². The molecule has 6 N–H and O–H groups in total. The van der Waals surface area contributed by atoms with Gasteiger partial charge in [0.15, 0.2) is 10.3 Å². The van der Waals surface area contributed by atoms with Crippen molar-refractivity contribution in [3.63, 3.8) is 0 Å². The third-order valence-electron chi connectivity index (χ3n) is 22.1. The number of aryl methyl sites for hydroxylation is 1. The van der Waals surface area contributed by atoms with Crippen LogP contribution in [0.2, 0.25) is 5.02 Å². The molecule has 660 valence electrons. The van der Waals surface area contributed by atoms with E-state index in [1.165, 1.54) is 51.4 Å². The fraction of sp³-hybridized carbons (Fsp3) is 0.180. The number of halogens is 1. The molecule has 7 aromatic heterocycles. The summed E-state index contributed by atoms with van der Waals surface area (Å²) >= 11 is 13.4. The number of amidine groups is 4. The van der Waals surface area contributed by atoms with E-state index < -0.39 is 12.1 Å². The first kappa shape index (κ1) is 89.2. The zero-order chi connectivity index (χ0) is 90.8. The summed E-state index contributed by atoms with van der Waals surface area (Å²) in [5, 5.41) is 70.6. The number of aromatic hydroxyl groups is 3. The van der Waals surface area contributed by atoms with Crippen LogP contribution in [-0.4, -0.2) is 112 Å². The number of rotatable bonds is 19. The Labute approximate surface area is 782 Å². The first-order valence-electron chi connectivity index (χ1n) is 42.1. The van der Waals surface area contributed by atoms with Crippen LogP contribution in [0, 0.1) is 25.2 Å². The van der Waals surface area contributed by atoms with Crippen LogP contribution in [0.1, 0.15) is 132 Å². The zero-order valence-corrected chi connectivity index (χ0v) is 76.8. The molecule has 0 saturated carbocycles. The van der Waals surface area contributed by atoms with Gasteiger partial charge >= 0.3 is 0 Å². The number of aliphatic imine (C=N–C) groups is 2. The summed E-state index contributed by atoms with van der Waals surface area (Å²) in [6.45, 7) is 17.3. The molecular formula is C100H89ClN16O9S5. The number of phenolic OH excluding ortho intramolecular Hbond substituents is 3. The molecule has 1 aliphatic carbocycles. The molecule has 0 spiro atoms. The molecule has 0 radical (unpaired) electrons. The fourth-order valence-electron chi connectivity index (χ4n) is 15.7. The van der Waals surface area contributed by atoms with Gasteiger partial charge in [-0.15, -0.1) is 16.4 Å². The SMILES string of the molecule is C=C1CC(Sc2nnnn2-c2ccccc2)C(=O)N1c1cccc(Cl)c1C.CC(C)CSC1=NSC2=NC(=O)/C(=C\c3ccc(SCc4ccco4)o3)C(=N)N12.CC1=C(C(Nc2cc(C)ccn2)c2ccco2)c2ccccc2C1.CC1=CCN=C1NC(c1cccs1)c1ccc2cccnc2c1O.Oc1ccc(C2Oc3ccccc3C3CC(c4ccccc4O)=NN32)cc1. The summed E-state index contributed by atoms with van der Waals surface area (Å²) in [6, 6.07) is 73.0. The Morgan fingerprint density at radius 2 is 1.54 bits per heavy atom. The van der Waals surface area contributed by atoms with E-state index in [9.17, 15) is 24.9 Å². The molecule has 31 heteroatoms. The lowest BCUT2D eigenvalue weighted by atomic mass is 9.95. The third-order valence-corrected chi connectivity index (χ3v) is 27.7. The normalized spacial score (nSPS) is 17.1. The molecule has 5 unspecified atom stereocenters. The Kier molecular flexibility index (Phi) is 27.6. The summed E-state index contributed by atoms with van der Waals surface area (Å²) in [4.78, 5) is 47.3. The van der Waals surface area contributed by atoms with Gasteiger partial charge in [0.05, 0.1) is 76.8 Å². The first-order chi connectivity index (χ1) is 63.7. The molecule has 13 heterocycles. The van der Waals surface area contributed by atoms with Gasteiger partial charge in [0, 0.05) is 74.2 Å². The van der Waals surface area contributed by atoms with Gasteiger partial charge in [-0.1, -0.05) is 182 Å². The van der Waals surface area contributed by atoms with E-state index in [2.05, 4.69) is 133 Å². The Morgan fingerprint density at radius 1 is 0.748 bits per heavy atom. The molecule has 7 aliphatic rings. The summed E-state index contributed by atoms with van der Waals surface area (Å²) in [5.74, 6) is 7.09. The van der Waals surface area contributed by atoms with Crippen molar-refractivity contribution in [1.82, 2.24) is 45.4 Å². The number of anilines is 2. The van der Waals surface area contributed by atoms with E-state index in [0.29, 0.717) is 67.9 Å². The maximum absolute atomic E-state index is 13.1. The van der Waals surface area contributed by atoms with Gasteiger partial charge in [0.2, 0.25) is 22.5 Å². The minimum absolute atomic E-state index is 0.0309. The highest BCUT2D eigenvalue weighted by Gasteiger charge is 2.43. The van der Waals surface area contributed by atoms with Gasteiger partial charge < -0.3 is 43.9 Å². The number of amides is 2. The van der Waals surface area contributed by atoms with Crippen molar-refractivity contribution in [2.24, 2.45) is 25.4 Å². The molecule has 21 rings (SSSR count). The average Bonchev–Trinajstić information content (AvgIpc) is 1.65. The van der Waals surface area contributed by atoms with Crippen LogP contribution < -0.4 is 20.3 Å². The second kappa shape index (κ2) is 40.5. The number of thioether (sulfide) groups is 3. The highest BCUT2D eigenvalue weighted by Crippen LogP contribution is 2.50. The number of phenols is 3. The monoisotopic (exact) mass is 1850 g/mol. The molecule has 2 amide bonds. The van der Waals surface area contributed by atoms with E-state index >= 15 is 0 Å². The average molecular weight is 1850 g/mol. The van der Waals surface area contributed by atoms with Gasteiger partial charge in [0.25, 0.3) is 5.91 Å². The Bertz CT molecular complexity index is 6790. The van der Waals surface area contributed by atoms with Crippen LogP contribution in [0.15, 0.2) is 339 Å². The number of ether oxygens (including phenoxy) is 1. The summed E-state index contributed by atoms with van der Waals surface area (Å²) in [6.07, 6.45) is 12.4. The maximum Gasteiger partial charge on any atom is 0.283 e. The summed E-state index contributed by atoms with van der Waals surface area (Å²) in [5.41, 5.74) is 16.1. The molecule has 6 aliphatic heterocycles. The molecule has 25 nitrogen and oxygen atoms in total. The van der Waals surface area contributed by atoms with Crippen molar-refractivity contribution < 1.29 is 42.9 Å². The Balaban J connectivity index is 0.000000115. The van der Waals surface area contributed by atoms with Crippen molar-refractivity contribution in [3.8, 4) is 28.7 Å². The lowest BCUT2D eigenvalue weighted by Crippen LogP contribution is -2.41. The number of hydrogen-bond donors (Lipinski definition) is 6. The highest BCUT2D eigenvalue weighted by molar-refractivity contribution is 8.19. The highest BCUT2D eigenvalue weighted by atomic mass is 35.5. The number of carbonyl (C=O) groups is 2. The van der Waals surface area contributed by atoms with Crippen molar-refractivity contribution >= 4 is 144 Å². The number of hydrazone groups is 1. The van der Waals surface area contributed by atoms with Crippen molar-refractivity contribution in [1.29, 1.82) is 5.41 Å². The lowest BCUT2D eigenvalue weighted by Gasteiger charge is -2.38. The van der Waals surface area contributed by atoms with E-state index in [-0.39, 0.29) is 57.9 Å². The maximum atomic E-state index is 13.1. The number of benzene rings is 7. The molecule has 5 atom stereocenters. The van der Waals surface area contributed by atoms with Gasteiger partial charge in [-0.2, -0.15) is 19.2 Å². The van der Waals surface area contributed by atoms with Crippen LogP contribution >= 0.6 is 70.2 Å². The van der Waals surface area contributed by atoms with Crippen LogP contribution in [0.25, 0.3) is 28.2 Å². The number of aromatic nitrogens is 6. The third kappa shape index (κ3) is 20.2.